The fraction of sp³-hybridized carbons (Fsp3) is 1.00. The summed E-state index contributed by atoms with van der Waals surface area (Å²) in [5.41, 5.74) is 0. The van der Waals surface area contributed by atoms with Gasteiger partial charge in [0.15, 0.2) is 6.29 Å². The van der Waals surface area contributed by atoms with Crippen molar-refractivity contribution in [2.75, 3.05) is 13.2 Å². The second-order valence-corrected chi connectivity index (χ2v) is 3.85. The van der Waals surface area contributed by atoms with E-state index in [1.807, 2.05) is 0 Å². The molecule has 0 aromatic carbocycles. The SMILES string of the molecule is CC(C)CCCCC1OCCO1. The van der Waals surface area contributed by atoms with Gasteiger partial charge in [-0.1, -0.05) is 26.7 Å². The molecule has 0 saturated carbocycles. The zero-order chi connectivity index (χ0) is 8.81. The molecular weight excluding hydrogens is 152 g/mol. The van der Waals surface area contributed by atoms with E-state index in [0.29, 0.717) is 0 Å². The number of ether oxygens (including phenoxy) is 2. The van der Waals surface area contributed by atoms with E-state index in [4.69, 9.17) is 9.47 Å². The molecule has 0 radical (unpaired) electrons. The number of unbranched alkanes of at least 4 members (excludes halogenated alkanes) is 1. The zero-order valence-electron chi connectivity index (χ0n) is 8.21. The van der Waals surface area contributed by atoms with Crippen molar-refractivity contribution in [3.05, 3.63) is 0 Å². The van der Waals surface area contributed by atoms with Gasteiger partial charge in [-0.3, -0.25) is 0 Å². The molecule has 1 rings (SSSR count). The summed E-state index contributed by atoms with van der Waals surface area (Å²) in [7, 11) is 0. The van der Waals surface area contributed by atoms with Gasteiger partial charge in [0.05, 0.1) is 13.2 Å². The lowest BCUT2D eigenvalue weighted by Crippen LogP contribution is -2.06. The fourth-order valence-electron chi connectivity index (χ4n) is 1.44. The summed E-state index contributed by atoms with van der Waals surface area (Å²) in [5, 5.41) is 0. The van der Waals surface area contributed by atoms with E-state index < -0.39 is 0 Å². The molecule has 1 fully saturated rings. The molecule has 0 bridgehead atoms. The predicted molar refractivity (Wildman–Crippen MR) is 49.0 cm³/mol. The Morgan fingerprint density at radius 3 is 2.42 bits per heavy atom. The largest absolute Gasteiger partial charge is 0.350 e. The second kappa shape index (κ2) is 5.55. The number of rotatable bonds is 5. The molecule has 2 heteroatoms. The lowest BCUT2D eigenvalue weighted by Gasteiger charge is -2.08. The summed E-state index contributed by atoms with van der Waals surface area (Å²) in [6.45, 7) is 6.11. The van der Waals surface area contributed by atoms with Crippen LogP contribution < -0.4 is 0 Å². The standard InChI is InChI=1S/C10H20O2/c1-9(2)5-3-4-6-10-11-7-8-12-10/h9-10H,3-8H2,1-2H3. The van der Waals surface area contributed by atoms with Crippen molar-refractivity contribution in [3.8, 4) is 0 Å². The molecule has 0 spiro atoms. The maximum absolute atomic E-state index is 5.34. The van der Waals surface area contributed by atoms with Gasteiger partial charge in [-0.05, 0) is 18.8 Å². The van der Waals surface area contributed by atoms with Crippen molar-refractivity contribution in [3.63, 3.8) is 0 Å². The van der Waals surface area contributed by atoms with Gasteiger partial charge in [0.2, 0.25) is 0 Å². The molecule has 0 aromatic heterocycles. The van der Waals surface area contributed by atoms with Gasteiger partial charge in [-0.15, -0.1) is 0 Å². The van der Waals surface area contributed by atoms with Gasteiger partial charge < -0.3 is 9.47 Å². The van der Waals surface area contributed by atoms with E-state index in [1.165, 1.54) is 19.3 Å². The highest BCUT2D eigenvalue weighted by molar-refractivity contribution is 4.54. The first-order valence-electron chi connectivity index (χ1n) is 5.02. The molecule has 0 N–H and O–H groups in total. The van der Waals surface area contributed by atoms with E-state index in [2.05, 4.69) is 13.8 Å². The highest BCUT2D eigenvalue weighted by atomic mass is 16.7. The van der Waals surface area contributed by atoms with Crippen LogP contribution in [-0.2, 0) is 9.47 Å². The summed E-state index contributed by atoms with van der Waals surface area (Å²) >= 11 is 0. The van der Waals surface area contributed by atoms with Crippen molar-refractivity contribution in [1.82, 2.24) is 0 Å². The average Bonchev–Trinajstić information content (AvgIpc) is 2.49. The Labute approximate surface area is 75.2 Å². The quantitative estimate of drug-likeness (QED) is 0.593. The summed E-state index contributed by atoms with van der Waals surface area (Å²) in [6.07, 6.45) is 5.06. The normalized spacial score (nSPS) is 19.2. The van der Waals surface area contributed by atoms with Gasteiger partial charge in [-0.2, -0.15) is 0 Å². The van der Waals surface area contributed by atoms with Crippen molar-refractivity contribution in [2.45, 2.75) is 45.8 Å². The van der Waals surface area contributed by atoms with Crippen LogP contribution in [0.2, 0.25) is 0 Å². The lowest BCUT2D eigenvalue weighted by molar-refractivity contribution is -0.0480. The Kier molecular flexibility index (Phi) is 4.62. The van der Waals surface area contributed by atoms with Crippen molar-refractivity contribution < 1.29 is 9.47 Å². The predicted octanol–water partition coefficient (Wildman–Crippen LogP) is 2.58. The molecule has 1 aliphatic rings. The molecule has 1 aliphatic heterocycles. The first-order chi connectivity index (χ1) is 5.79. The summed E-state index contributed by atoms with van der Waals surface area (Å²) in [5.74, 6) is 0.829. The Morgan fingerprint density at radius 1 is 1.17 bits per heavy atom. The Hall–Kier alpha value is -0.0800. The van der Waals surface area contributed by atoms with E-state index in [1.54, 1.807) is 0 Å². The van der Waals surface area contributed by atoms with Crippen LogP contribution in [0.3, 0.4) is 0 Å². The average molecular weight is 172 g/mol. The lowest BCUT2D eigenvalue weighted by atomic mass is 10.1. The van der Waals surface area contributed by atoms with Crippen LogP contribution in [0.4, 0.5) is 0 Å². The first-order valence-corrected chi connectivity index (χ1v) is 5.02. The Balaban J connectivity index is 1.88. The highest BCUT2D eigenvalue weighted by Gasteiger charge is 2.14. The minimum Gasteiger partial charge on any atom is -0.350 e. The smallest absolute Gasteiger partial charge is 0.157 e. The summed E-state index contributed by atoms with van der Waals surface area (Å²) in [4.78, 5) is 0. The molecule has 2 nitrogen and oxygen atoms in total. The molecule has 1 saturated heterocycles. The Bertz CT molecular complexity index is 106. The fourth-order valence-corrected chi connectivity index (χ4v) is 1.44. The molecule has 0 aromatic rings. The maximum atomic E-state index is 5.34. The van der Waals surface area contributed by atoms with Gasteiger partial charge in [-0.25, -0.2) is 0 Å². The van der Waals surface area contributed by atoms with Crippen molar-refractivity contribution in [1.29, 1.82) is 0 Å². The third-order valence-corrected chi connectivity index (χ3v) is 2.16. The topological polar surface area (TPSA) is 18.5 Å². The van der Waals surface area contributed by atoms with Crippen molar-refractivity contribution >= 4 is 0 Å². The second-order valence-electron chi connectivity index (χ2n) is 3.85. The molecule has 1 heterocycles. The monoisotopic (exact) mass is 172 g/mol. The van der Waals surface area contributed by atoms with Gasteiger partial charge in [0, 0.05) is 0 Å². The molecule has 12 heavy (non-hydrogen) atoms. The Morgan fingerprint density at radius 2 is 1.83 bits per heavy atom. The molecule has 0 amide bonds. The van der Waals surface area contributed by atoms with E-state index in [-0.39, 0.29) is 6.29 Å². The van der Waals surface area contributed by atoms with Crippen LogP contribution in [0, 0.1) is 5.92 Å². The molecule has 72 valence electrons. The van der Waals surface area contributed by atoms with Gasteiger partial charge in [0.1, 0.15) is 0 Å². The minimum atomic E-state index is 0.108. The van der Waals surface area contributed by atoms with Crippen molar-refractivity contribution in [2.24, 2.45) is 5.92 Å². The summed E-state index contributed by atoms with van der Waals surface area (Å²) in [6, 6.07) is 0. The number of hydrogen-bond acceptors (Lipinski definition) is 2. The van der Waals surface area contributed by atoms with Crippen LogP contribution >= 0.6 is 0 Å². The minimum absolute atomic E-state index is 0.108. The summed E-state index contributed by atoms with van der Waals surface area (Å²) < 4.78 is 10.7. The van der Waals surface area contributed by atoms with Gasteiger partial charge >= 0.3 is 0 Å². The van der Waals surface area contributed by atoms with Crippen LogP contribution in [0.1, 0.15) is 39.5 Å². The van der Waals surface area contributed by atoms with Crippen LogP contribution in [0.25, 0.3) is 0 Å². The molecule has 0 unspecified atom stereocenters. The van der Waals surface area contributed by atoms with Crippen LogP contribution in [-0.4, -0.2) is 19.5 Å². The van der Waals surface area contributed by atoms with Crippen LogP contribution in [0.15, 0.2) is 0 Å². The highest BCUT2D eigenvalue weighted by Crippen LogP contribution is 2.14. The van der Waals surface area contributed by atoms with E-state index >= 15 is 0 Å². The first kappa shape index (κ1) is 10.0. The number of hydrogen-bond donors (Lipinski definition) is 0. The van der Waals surface area contributed by atoms with Gasteiger partial charge in [0.25, 0.3) is 0 Å². The zero-order valence-corrected chi connectivity index (χ0v) is 8.21. The van der Waals surface area contributed by atoms with E-state index in [9.17, 15) is 0 Å². The third-order valence-electron chi connectivity index (χ3n) is 2.16. The maximum Gasteiger partial charge on any atom is 0.157 e. The third kappa shape index (κ3) is 4.07. The van der Waals surface area contributed by atoms with E-state index in [0.717, 1.165) is 25.6 Å². The van der Waals surface area contributed by atoms with Crippen LogP contribution in [0.5, 0.6) is 0 Å². The molecule has 0 atom stereocenters. The molecule has 0 aliphatic carbocycles. The molecular formula is C10H20O2.